The third-order valence-electron chi connectivity index (χ3n) is 3.45. The molecule has 1 aliphatic heterocycles. The quantitative estimate of drug-likeness (QED) is 0.915. The van der Waals surface area contributed by atoms with E-state index < -0.39 is 0 Å². The fourth-order valence-electron chi connectivity index (χ4n) is 2.32. The SMILES string of the molecule is Cc1ncsc1-c1nc(N2CCOCC2C)c(Cl)c(=O)[nH]1. The number of ether oxygens (including phenoxy) is 1. The van der Waals surface area contributed by atoms with E-state index in [-0.39, 0.29) is 16.6 Å². The van der Waals surface area contributed by atoms with Crippen molar-refractivity contribution in [3.63, 3.8) is 0 Å². The summed E-state index contributed by atoms with van der Waals surface area (Å²) in [6, 6.07) is 0.126. The minimum absolute atomic E-state index is 0.120. The van der Waals surface area contributed by atoms with Gasteiger partial charge in [0.15, 0.2) is 11.6 Å². The molecule has 112 valence electrons. The Morgan fingerprint density at radius 3 is 3.05 bits per heavy atom. The Balaban J connectivity index is 2.10. The van der Waals surface area contributed by atoms with Gasteiger partial charge in [-0.25, -0.2) is 9.97 Å². The molecule has 0 amide bonds. The molecule has 21 heavy (non-hydrogen) atoms. The number of nitrogens with one attached hydrogen (secondary N) is 1. The minimum Gasteiger partial charge on any atom is -0.377 e. The highest BCUT2D eigenvalue weighted by molar-refractivity contribution is 7.13. The van der Waals surface area contributed by atoms with Crippen molar-refractivity contribution in [3.05, 3.63) is 26.6 Å². The molecule has 8 heteroatoms. The third kappa shape index (κ3) is 2.68. The summed E-state index contributed by atoms with van der Waals surface area (Å²) in [6.45, 7) is 5.77. The van der Waals surface area contributed by atoms with Crippen LogP contribution in [0.4, 0.5) is 5.82 Å². The molecule has 3 heterocycles. The molecule has 0 bridgehead atoms. The standard InChI is InChI=1S/C13H15ClN4O2S/c1-7-5-20-4-3-18(7)12-9(14)13(19)17-11(16-12)10-8(2)15-6-21-10/h6-7H,3-5H2,1-2H3,(H,16,17,19). The van der Waals surface area contributed by atoms with Crippen molar-refractivity contribution in [3.8, 4) is 10.7 Å². The van der Waals surface area contributed by atoms with E-state index >= 15 is 0 Å². The van der Waals surface area contributed by atoms with Gasteiger partial charge in [0, 0.05) is 6.54 Å². The zero-order valence-corrected chi connectivity index (χ0v) is 13.3. The zero-order valence-electron chi connectivity index (χ0n) is 11.7. The van der Waals surface area contributed by atoms with Crippen LogP contribution in [-0.2, 0) is 4.74 Å². The van der Waals surface area contributed by atoms with E-state index in [9.17, 15) is 4.79 Å². The molecule has 0 aliphatic carbocycles. The first-order valence-corrected chi connectivity index (χ1v) is 7.88. The van der Waals surface area contributed by atoms with E-state index in [0.29, 0.717) is 31.4 Å². The molecule has 0 radical (unpaired) electrons. The van der Waals surface area contributed by atoms with Gasteiger partial charge >= 0.3 is 0 Å². The van der Waals surface area contributed by atoms with E-state index in [2.05, 4.69) is 15.0 Å². The fraction of sp³-hybridized carbons (Fsp3) is 0.462. The molecule has 1 saturated heterocycles. The summed E-state index contributed by atoms with van der Waals surface area (Å²) in [5.41, 5.74) is 2.24. The maximum Gasteiger partial charge on any atom is 0.272 e. The lowest BCUT2D eigenvalue weighted by molar-refractivity contribution is 0.0985. The Bertz CT molecular complexity index is 714. The van der Waals surface area contributed by atoms with Crippen LogP contribution in [0.3, 0.4) is 0 Å². The summed E-state index contributed by atoms with van der Waals surface area (Å²) in [6.07, 6.45) is 0. The van der Waals surface area contributed by atoms with Crippen molar-refractivity contribution in [2.45, 2.75) is 19.9 Å². The van der Waals surface area contributed by atoms with Gasteiger partial charge in [-0.05, 0) is 13.8 Å². The zero-order chi connectivity index (χ0) is 15.0. The molecular formula is C13H15ClN4O2S. The predicted octanol–water partition coefficient (Wildman–Crippen LogP) is 2.08. The lowest BCUT2D eigenvalue weighted by Crippen LogP contribution is -2.44. The minimum atomic E-state index is -0.330. The number of halogens is 1. The number of anilines is 1. The molecule has 0 saturated carbocycles. The van der Waals surface area contributed by atoms with Gasteiger partial charge in [-0.2, -0.15) is 0 Å². The highest BCUT2D eigenvalue weighted by atomic mass is 35.5. The number of H-pyrrole nitrogens is 1. The van der Waals surface area contributed by atoms with Gasteiger partial charge in [0.05, 0.1) is 35.3 Å². The van der Waals surface area contributed by atoms with Crippen LogP contribution < -0.4 is 10.5 Å². The second kappa shape index (κ2) is 5.75. The number of morpholine rings is 1. The Labute approximate surface area is 130 Å². The van der Waals surface area contributed by atoms with Crippen LogP contribution in [0.1, 0.15) is 12.6 Å². The van der Waals surface area contributed by atoms with Gasteiger partial charge < -0.3 is 14.6 Å². The lowest BCUT2D eigenvalue weighted by Gasteiger charge is -2.34. The number of aromatic nitrogens is 3. The highest BCUT2D eigenvalue weighted by Crippen LogP contribution is 2.28. The number of rotatable bonds is 2. The summed E-state index contributed by atoms with van der Waals surface area (Å²) in [7, 11) is 0. The molecule has 0 aromatic carbocycles. The second-order valence-corrected chi connectivity index (χ2v) is 6.17. The Morgan fingerprint density at radius 2 is 2.38 bits per heavy atom. The van der Waals surface area contributed by atoms with Gasteiger partial charge in [-0.3, -0.25) is 4.79 Å². The monoisotopic (exact) mass is 326 g/mol. The van der Waals surface area contributed by atoms with Gasteiger partial charge in [0.1, 0.15) is 5.02 Å². The molecule has 1 fully saturated rings. The van der Waals surface area contributed by atoms with Crippen LogP contribution >= 0.6 is 22.9 Å². The maximum atomic E-state index is 12.1. The average Bonchev–Trinajstić information content (AvgIpc) is 2.89. The van der Waals surface area contributed by atoms with Crippen LogP contribution in [0.2, 0.25) is 5.02 Å². The van der Waals surface area contributed by atoms with Crippen molar-refractivity contribution < 1.29 is 4.74 Å². The van der Waals surface area contributed by atoms with Gasteiger partial charge in [0.2, 0.25) is 0 Å². The van der Waals surface area contributed by atoms with Crippen molar-refractivity contribution in [1.29, 1.82) is 0 Å². The Kier molecular flexibility index (Phi) is 3.97. The molecule has 1 aliphatic rings. The molecule has 0 spiro atoms. The summed E-state index contributed by atoms with van der Waals surface area (Å²) in [4.78, 5) is 26.5. The summed E-state index contributed by atoms with van der Waals surface area (Å²) in [5, 5.41) is 0.120. The normalized spacial score (nSPS) is 19.0. The van der Waals surface area contributed by atoms with Crippen molar-refractivity contribution in [1.82, 2.24) is 15.0 Å². The highest BCUT2D eigenvalue weighted by Gasteiger charge is 2.25. The number of hydrogen-bond donors (Lipinski definition) is 1. The topological polar surface area (TPSA) is 71.1 Å². The van der Waals surface area contributed by atoms with E-state index in [1.165, 1.54) is 11.3 Å². The first-order chi connectivity index (χ1) is 10.1. The largest absolute Gasteiger partial charge is 0.377 e. The summed E-state index contributed by atoms with van der Waals surface area (Å²) < 4.78 is 5.42. The molecule has 6 nitrogen and oxygen atoms in total. The van der Waals surface area contributed by atoms with Gasteiger partial charge in [-0.15, -0.1) is 11.3 Å². The van der Waals surface area contributed by atoms with Crippen molar-refractivity contribution in [2.24, 2.45) is 0 Å². The maximum absolute atomic E-state index is 12.1. The number of hydrogen-bond acceptors (Lipinski definition) is 6. The molecule has 2 aromatic rings. The second-order valence-electron chi connectivity index (χ2n) is 4.94. The van der Waals surface area contributed by atoms with Gasteiger partial charge in [-0.1, -0.05) is 11.6 Å². The van der Waals surface area contributed by atoms with Crippen molar-refractivity contribution in [2.75, 3.05) is 24.7 Å². The smallest absolute Gasteiger partial charge is 0.272 e. The van der Waals surface area contributed by atoms with Crippen LogP contribution in [0, 0.1) is 6.92 Å². The molecule has 1 atom stereocenters. The van der Waals surface area contributed by atoms with Crippen molar-refractivity contribution >= 4 is 28.8 Å². The van der Waals surface area contributed by atoms with E-state index in [0.717, 1.165) is 10.6 Å². The summed E-state index contributed by atoms with van der Waals surface area (Å²) >= 11 is 7.61. The fourth-order valence-corrected chi connectivity index (χ4v) is 3.26. The Morgan fingerprint density at radius 1 is 1.57 bits per heavy atom. The third-order valence-corrected chi connectivity index (χ3v) is 4.72. The molecule has 3 rings (SSSR count). The van der Waals surface area contributed by atoms with Crippen LogP contribution in [0.5, 0.6) is 0 Å². The predicted molar refractivity (Wildman–Crippen MR) is 83.3 cm³/mol. The Hall–Kier alpha value is -1.44. The van der Waals surface area contributed by atoms with E-state index in [1.54, 1.807) is 5.51 Å². The number of aromatic amines is 1. The van der Waals surface area contributed by atoms with E-state index in [1.807, 2.05) is 18.7 Å². The summed E-state index contributed by atoms with van der Waals surface area (Å²) in [5.74, 6) is 1.03. The molecular weight excluding hydrogens is 312 g/mol. The van der Waals surface area contributed by atoms with Crippen LogP contribution in [-0.4, -0.2) is 40.8 Å². The van der Waals surface area contributed by atoms with E-state index in [4.69, 9.17) is 16.3 Å². The molecule has 2 aromatic heterocycles. The number of aryl methyl sites for hydroxylation is 1. The first kappa shape index (κ1) is 14.5. The molecule has 1 N–H and O–H groups in total. The number of nitrogens with zero attached hydrogens (tertiary/aromatic N) is 3. The van der Waals surface area contributed by atoms with Crippen LogP contribution in [0.25, 0.3) is 10.7 Å². The number of thiazole rings is 1. The average molecular weight is 327 g/mol. The lowest BCUT2D eigenvalue weighted by atomic mass is 10.2. The first-order valence-electron chi connectivity index (χ1n) is 6.62. The van der Waals surface area contributed by atoms with Gasteiger partial charge in [0.25, 0.3) is 5.56 Å². The molecule has 1 unspecified atom stereocenters. The van der Waals surface area contributed by atoms with Crippen LogP contribution in [0.15, 0.2) is 10.3 Å².